The summed E-state index contributed by atoms with van der Waals surface area (Å²) in [6.45, 7) is 9.38. The third-order valence-electron chi connectivity index (χ3n) is 5.15. The maximum Gasteiger partial charge on any atom is 0.232 e. The Morgan fingerprint density at radius 3 is 2.63 bits per heavy atom. The molecule has 3 aromatic rings. The summed E-state index contributed by atoms with van der Waals surface area (Å²) in [6.07, 6.45) is 1.05. The molecule has 138 valence electrons. The largest absolute Gasteiger partial charge is 0.323 e. The fourth-order valence-electron chi connectivity index (χ4n) is 3.93. The van der Waals surface area contributed by atoms with Crippen molar-refractivity contribution >= 4 is 23.1 Å². The molecule has 0 radical (unpaired) electrons. The molecular weight excluding hydrogens is 332 g/mol. The Hall–Kier alpha value is -2.88. The second-order valence-corrected chi connectivity index (χ2v) is 7.30. The molecule has 1 atom stereocenters. The minimum absolute atomic E-state index is 0.388. The highest BCUT2D eigenvalue weighted by atomic mass is 15.3. The lowest BCUT2D eigenvalue weighted by Crippen LogP contribution is -2.26. The minimum Gasteiger partial charge on any atom is -0.323 e. The third kappa shape index (κ3) is 3.27. The van der Waals surface area contributed by atoms with E-state index >= 15 is 0 Å². The quantitative estimate of drug-likeness (QED) is 0.630. The molecule has 1 unspecified atom stereocenters. The van der Waals surface area contributed by atoms with Crippen LogP contribution in [0.3, 0.4) is 0 Å². The highest BCUT2D eigenvalue weighted by Crippen LogP contribution is 2.38. The monoisotopic (exact) mass is 358 g/mol. The summed E-state index contributed by atoms with van der Waals surface area (Å²) in [5, 5.41) is 0. The maximum absolute atomic E-state index is 4.98. The van der Waals surface area contributed by atoms with Crippen LogP contribution in [-0.4, -0.2) is 22.6 Å². The zero-order chi connectivity index (χ0) is 19.0. The SMILES string of the molecule is CCN(c1cccc(C)c1)c1nc(C)cc(N2c3ccccc3CC2C)n1. The Bertz CT molecular complexity index is 966. The van der Waals surface area contributed by atoms with Crippen molar-refractivity contribution in [2.75, 3.05) is 16.3 Å². The number of aromatic nitrogens is 2. The van der Waals surface area contributed by atoms with Crippen molar-refractivity contribution in [2.45, 2.75) is 40.2 Å². The summed E-state index contributed by atoms with van der Waals surface area (Å²) < 4.78 is 0. The molecule has 1 aliphatic rings. The number of hydrogen-bond donors (Lipinski definition) is 0. The fourth-order valence-corrected chi connectivity index (χ4v) is 3.93. The summed E-state index contributed by atoms with van der Waals surface area (Å²) in [5.41, 5.74) is 5.99. The van der Waals surface area contributed by atoms with Crippen LogP contribution in [0.25, 0.3) is 0 Å². The van der Waals surface area contributed by atoms with Gasteiger partial charge in [-0.15, -0.1) is 0 Å². The lowest BCUT2D eigenvalue weighted by atomic mass is 10.1. The molecular formula is C23H26N4. The first-order valence-electron chi connectivity index (χ1n) is 9.64. The number of anilines is 4. The minimum atomic E-state index is 0.388. The molecule has 0 amide bonds. The molecule has 0 N–H and O–H groups in total. The van der Waals surface area contributed by atoms with Crippen molar-refractivity contribution in [2.24, 2.45) is 0 Å². The summed E-state index contributed by atoms with van der Waals surface area (Å²) in [7, 11) is 0. The maximum atomic E-state index is 4.98. The number of nitrogens with zero attached hydrogens (tertiary/aromatic N) is 4. The number of para-hydroxylation sites is 1. The van der Waals surface area contributed by atoms with Crippen LogP contribution in [-0.2, 0) is 6.42 Å². The van der Waals surface area contributed by atoms with Crippen LogP contribution in [0, 0.1) is 13.8 Å². The molecule has 0 fully saturated rings. The lowest BCUT2D eigenvalue weighted by Gasteiger charge is -2.27. The molecule has 1 aliphatic heterocycles. The number of fused-ring (bicyclic) bond motifs is 1. The van der Waals surface area contributed by atoms with E-state index in [1.807, 2.05) is 6.92 Å². The Kier molecular flexibility index (Phi) is 4.56. The second-order valence-electron chi connectivity index (χ2n) is 7.30. The number of aryl methyl sites for hydroxylation is 2. The van der Waals surface area contributed by atoms with Gasteiger partial charge < -0.3 is 9.80 Å². The summed E-state index contributed by atoms with van der Waals surface area (Å²) in [6, 6.07) is 19.6. The van der Waals surface area contributed by atoms with Crippen LogP contribution >= 0.6 is 0 Å². The Morgan fingerprint density at radius 2 is 1.85 bits per heavy atom. The lowest BCUT2D eigenvalue weighted by molar-refractivity contribution is 0.747. The van der Waals surface area contributed by atoms with E-state index in [1.54, 1.807) is 0 Å². The molecule has 4 nitrogen and oxygen atoms in total. The predicted molar refractivity (Wildman–Crippen MR) is 112 cm³/mol. The van der Waals surface area contributed by atoms with Gasteiger partial charge in [-0.1, -0.05) is 30.3 Å². The van der Waals surface area contributed by atoms with Crippen molar-refractivity contribution in [3.05, 3.63) is 71.4 Å². The molecule has 0 spiro atoms. The van der Waals surface area contributed by atoms with Gasteiger partial charge in [-0.2, -0.15) is 4.98 Å². The first-order valence-corrected chi connectivity index (χ1v) is 9.64. The van der Waals surface area contributed by atoms with Crippen LogP contribution in [0.5, 0.6) is 0 Å². The molecule has 0 saturated carbocycles. The molecule has 0 saturated heterocycles. The molecule has 2 heterocycles. The Balaban J connectivity index is 1.78. The number of hydrogen-bond acceptors (Lipinski definition) is 4. The van der Waals surface area contributed by atoms with Gasteiger partial charge in [0.25, 0.3) is 0 Å². The average molecular weight is 358 g/mol. The van der Waals surface area contributed by atoms with E-state index in [9.17, 15) is 0 Å². The zero-order valence-electron chi connectivity index (χ0n) is 16.5. The summed E-state index contributed by atoms with van der Waals surface area (Å²) in [4.78, 5) is 14.3. The normalized spacial score (nSPS) is 15.7. The van der Waals surface area contributed by atoms with Gasteiger partial charge in [-0.25, -0.2) is 4.98 Å². The van der Waals surface area contributed by atoms with E-state index in [4.69, 9.17) is 9.97 Å². The molecule has 0 aliphatic carbocycles. The molecule has 4 rings (SSSR count). The van der Waals surface area contributed by atoms with E-state index in [2.05, 4.69) is 85.2 Å². The van der Waals surface area contributed by atoms with Gasteiger partial charge in [0.1, 0.15) is 5.82 Å². The van der Waals surface area contributed by atoms with E-state index in [1.165, 1.54) is 16.8 Å². The fraction of sp³-hybridized carbons (Fsp3) is 0.304. The Morgan fingerprint density at radius 1 is 1.04 bits per heavy atom. The zero-order valence-corrected chi connectivity index (χ0v) is 16.5. The van der Waals surface area contributed by atoms with Crippen LogP contribution in [0.4, 0.5) is 23.1 Å². The van der Waals surface area contributed by atoms with Crippen LogP contribution in [0.15, 0.2) is 54.6 Å². The third-order valence-corrected chi connectivity index (χ3v) is 5.15. The van der Waals surface area contributed by atoms with Gasteiger partial charge in [0.2, 0.25) is 5.95 Å². The number of benzene rings is 2. The first-order chi connectivity index (χ1) is 13.1. The molecule has 0 bridgehead atoms. The number of rotatable bonds is 4. The average Bonchev–Trinajstić information content (AvgIpc) is 2.97. The van der Waals surface area contributed by atoms with Gasteiger partial charge in [0.15, 0.2) is 0 Å². The smallest absolute Gasteiger partial charge is 0.232 e. The topological polar surface area (TPSA) is 32.3 Å². The van der Waals surface area contributed by atoms with Crippen molar-refractivity contribution in [3.63, 3.8) is 0 Å². The van der Waals surface area contributed by atoms with E-state index in [0.717, 1.165) is 36.1 Å². The van der Waals surface area contributed by atoms with Crippen molar-refractivity contribution < 1.29 is 0 Å². The molecule has 27 heavy (non-hydrogen) atoms. The predicted octanol–water partition coefficient (Wildman–Crippen LogP) is 5.33. The highest BCUT2D eigenvalue weighted by molar-refractivity contribution is 5.70. The summed E-state index contributed by atoms with van der Waals surface area (Å²) in [5.74, 6) is 1.73. The molecule has 2 aromatic carbocycles. The van der Waals surface area contributed by atoms with Gasteiger partial charge >= 0.3 is 0 Å². The van der Waals surface area contributed by atoms with Crippen molar-refractivity contribution in [3.8, 4) is 0 Å². The van der Waals surface area contributed by atoms with Gasteiger partial charge in [-0.3, -0.25) is 0 Å². The van der Waals surface area contributed by atoms with Crippen LogP contribution in [0.1, 0.15) is 30.7 Å². The van der Waals surface area contributed by atoms with E-state index in [0.29, 0.717) is 6.04 Å². The van der Waals surface area contributed by atoms with E-state index in [-0.39, 0.29) is 0 Å². The summed E-state index contributed by atoms with van der Waals surface area (Å²) >= 11 is 0. The van der Waals surface area contributed by atoms with Crippen molar-refractivity contribution in [1.82, 2.24) is 9.97 Å². The Labute approximate surface area is 161 Å². The van der Waals surface area contributed by atoms with Gasteiger partial charge in [0.05, 0.1) is 0 Å². The second kappa shape index (κ2) is 7.03. The standard InChI is InChI=1S/C23H26N4/c1-5-26(20-11-8-9-16(2)13-20)23-24-17(3)14-22(25-23)27-18(4)15-19-10-6-7-12-21(19)27/h6-14,18H,5,15H2,1-4H3. The van der Waals surface area contributed by atoms with Crippen molar-refractivity contribution in [1.29, 1.82) is 0 Å². The van der Waals surface area contributed by atoms with Crippen LogP contribution in [0.2, 0.25) is 0 Å². The van der Waals surface area contributed by atoms with Gasteiger partial charge in [0, 0.05) is 35.7 Å². The first kappa shape index (κ1) is 17.5. The molecule has 1 aromatic heterocycles. The van der Waals surface area contributed by atoms with Crippen LogP contribution < -0.4 is 9.80 Å². The highest BCUT2D eigenvalue weighted by Gasteiger charge is 2.28. The van der Waals surface area contributed by atoms with E-state index < -0.39 is 0 Å². The molecule has 4 heteroatoms. The van der Waals surface area contributed by atoms with Gasteiger partial charge in [-0.05, 0) is 63.4 Å².